The zero-order chi connectivity index (χ0) is 18.0. The summed E-state index contributed by atoms with van der Waals surface area (Å²) in [6.45, 7) is 1.72. The van der Waals surface area contributed by atoms with Crippen molar-refractivity contribution < 1.29 is 19.0 Å². The molecule has 0 bridgehead atoms. The van der Waals surface area contributed by atoms with Crippen molar-refractivity contribution in [1.29, 1.82) is 0 Å². The van der Waals surface area contributed by atoms with Gasteiger partial charge in [-0.3, -0.25) is 9.89 Å². The van der Waals surface area contributed by atoms with E-state index >= 15 is 0 Å². The molecular weight excluding hydrogens is 324 g/mol. The van der Waals surface area contributed by atoms with Gasteiger partial charge in [-0.05, 0) is 25.6 Å². The fourth-order valence-corrected chi connectivity index (χ4v) is 2.95. The normalized spacial score (nSPS) is 13.9. The topological polar surface area (TPSA) is 88.7 Å². The molecule has 1 aliphatic heterocycles. The molecule has 25 heavy (non-hydrogen) atoms. The highest BCUT2D eigenvalue weighted by molar-refractivity contribution is 6.05. The number of hydrogen-bond donors (Lipinski definition) is 2. The Bertz CT molecular complexity index is 762. The Morgan fingerprint density at radius 1 is 1.20 bits per heavy atom. The number of benzene rings is 1. The molecule has 1 aliphatic rings. The van der Waals surface area contributed by atoms with Gasteiger partial charge in [0.1, 0.15) is 0 Å². The number of hydrogen-bond acceptors (Lipinski definition) is 6. The molecule has 0 unspecified atom stereocenters. The van der Waals surface area contributed by atoms with Gasteiger partial charge in [0.05, 0.1) is 27.0 Å². The molecule has 3 rings (SSSR count). The Balaban J connectivity index is 1.87. The van der Waals surface area contributed by atoms with E-state index in [1.165, 1.54) is 21.3 Å². The van der Waals surface area contributed by atoms with E-state index in [9.17, 15) is 4.79 Å². The standard InChI is InChI=1S/C17H22N4O4/c1-21-6-5-11-12(9-21)19-20-16(11)18-17(22)10-7-13(23-2)15(25-4)14(8-10)24-3/h7-8H,5-6,9H2,1-4H3,(H2,18,19,20,22). The second-order valence-corrected chi connectivity index (χ2v) is 5.89. The Morgan fingerprint density at radius 3 is 2.48 bits per heavy atom. The molecule has 1 aromatic heterocycles. The highest BCUT2D eigenvalue weighted by atomic mass is 16.5. The summed E-state index contributed by atoms with van der Waals surface area (Å²) in [4.78, 5) is 14.9. The second-order valence-electron chi connectivity index (χ2n) is 5.89. The number of nitrogens with zero attached hydrogens (tertiary/aromatic N) is 2. The maximum atomic E-state index is 12.7. The van der Waals surface area contributed by atoms with Gasteiger partial charge in [0.15, 0.2) is 17.3 Å². The van der Waals surface area contributed by atoms with Crippen LogP contribution >= 0.6 is 0 Å². The minimum Gasteiger partial charge on any atom is -0.493 e. The Kier molecular flexibility index (Phi) is 4.80. The first-order chi connectivity index (χ1) is 12.1. The van der Waals surface area contributed by atoms with E-state index in [1.54, 1.807) is 12.1 Å². The van der Waals surface area contributed by atoms with Crippen LogP contribution in [0.2, 0.25) is 0 Å². The van der Waals surface area contributed by atoms with Crippen LogP contribution in [0.1, 0.15) is 21.6 Å². The van der Waals surface area contributed by atoms with Crippen molar-refractivity contribution in [2.24, 2.45) is 0 Å². The molecule has 1 aromatic carbocycles. The van der Waals surface area contributed by atoms with Crippen LogP contribution in [0, 0.1) is 0 Å². The monoisotopic (exact) mass is 346 g/mol. The van der Waals surface area contributed by atoms with E-state index in [0.717, 1.165) is 30.8 Å². The van der Waals surface area contributed by atoms with E-state index in [-0.39, 0.29) is 5.91 Å². The van der Waals surface area contributed by atoms with Gasteiger partial charge in [-0.15, -0.1) is 0 Å². The van der Waals surface area contributed by atoms with E-state index in [4.69, 9.17) is 14.2 Å². The number of anilines is 1. The van der Waals surface area contributed by atoms with E-state index in [0.29, 0.717) is 28.6 Å². The third-order valence-electron chi connectivity index (χ3n) is 4.28. The van der Waals surface area contributed by atoms with Gasteiger partial charge in [0.2, 0.25) is 5.75 Å². The summed E-state index contributed by atoms with van der Waals surface area (Å²) in [7, 11) is 6.60. The van der Waals surface area contributed by atoms with E-state index in [1.807, 2.05) is 0 Å². The fourth-order valence-electron chi connectivity index (χ4n) is 2.95. The molecule has 0 radical (unpaired) electrons. The zero-order valence-corrected chi connectivity index (χ0v) is 14.8. The number of ether oxygens (including phenoxy) is 3. The van der Waals surface area contributed by atoms with Crippen LogP contribution < -0.4 is 19.5 Å². The highest BCUT2D eigenvalue weighted by Crippen LogP contribution is 2.38. The number of aromatic amines is 1. The number of amides is 1. The molecule has 0 fully saturated rings. The maximum Gasteiger partial charge on any atom is 0.257 e. The van der Waals surface area contributed by atoms with Crippen molar-refractivity contribution in [3.63, 3.8) is 0 Å². The number of H-pyrrole nitrogens is 1. The first kappa shape index (κ1) is 17.1. The van der Waals surface area contributed by atoms with Gasteiger partial charge in [-0.2, -0.15) is 5.10 Å². The zero-order valence-electron chi connectivity index (χ0n) is 14.8. The number of likely N-dealkylation sites (N-methyl/N-ethyl adjacent to an activating group) is 1. The van der Waals surface area contributed by atoms with Gasteiger partial charge >= 0.3 is 0 Å². The molecule has 1 amide bonds. The number of carbonyl (C=O) groups excluding carboxylic acids is 1. The average molecular weight is 346 g/mol. The average Bonchev–Trinajstić information content (AvgIpc) is 3.01. The second kappa shape index (κ2) is 7.02. The van der Waals surface area contributed by atoms with Crippen molar-refractivity contribution in [2.45, 2.75) is 13.0 Å². The van der Waals surface area contributed by atoms with Crippen LogP contribution in [0.25, 0.3) is 0 Å². The summed E-state index contributed by atoms with van der Waals surface area (Å²) >= 11 is 0. The quantitative estimate of drug-likeness (QED) is 0.856. The number of nitrogens with one attached hydrogen (secondary N) is 2. The molecule has 2 heterocycles. The smallest absolute Gasteiger partial charge is 0.257 e. The van der Waals surface area contributed by atoms with Gasteiger partial charge in [0.25, 0.3) is 5.91 Å². The predicted molar refractivity (Wildman–Crippen MR) is 92.7 cm³/mol. The van der Waals surface area contributed by atoms with E-state index in [2.05, 4.69) is 27.5 Å². The van der Waals surface area contributed by atoms with Crippen LogP contribution in [-0.2, 0) is 13.0 Å². The first-order valence-electron chi connectivity index (χ1n) is 7.93. The molecule has 0 saturated carbocycles. The first-order valence-corrected chi connectivity index (χ1v) is 7.93. The maximum absolute atomic E-state index is 12.7. The Hall–Kier alpha value is -2.74. The van der Waals surface area contributed by atoms with Crippen molar-refractivity contribution in [1.82, 2.24) is 15.1 Å². The fraction of sp³-hybridized carbons (Fsp3) is 0.412. The molecule has 8 nitrogen and oxygen atoms in total. The minimum absolute atomic E-state index is 0.285. The molecule has 0 saturated heterocycles. The Morgan fingerprint density at radius 2 is 1.88 bits per heavy atom. The Labute approximate surface area is 146 Å². The summed E-state index contributed by atoms with van der Waals surface area (Å²) in [6, 6.07) is 3.23. The number of rotatable bonds is 5. The van der Waals surface area contributed by atoms with Crippen LogP contribution in [0.3, 0.4) is 0 Å². The number of aromatic nitrogens is 2. The highest BCUT2D eigenvalue weighted by Gasteiger charge is 2.22. The summed E-state index contributed by atoms with van der Waals surface area (Å²) < 4.78 is 15.9. The molecule has 8 heteroatoms. The molecule has 0 spiro atoms. The summed E-state index contributed by atoms with van der Waals surface area (Å²) in [6.07, 6.45) is 0.840. The molecule has 2 aromatic rings. The lowest BCUT2D eigenvalue weighted by atomic mass is 10.1. The van der Waals surface area contributed by atoms with Crippen LogP contribution in [0.5, 0.6) is 17.2 Å². The summed E-state index contributed by atoms with van der Waals surface area (Å²) in [5, 5.41) is 10.1. The van der Waals surface area contributed by atoms with Crippen LogP contribution in [0.15, 0.2) is 12.1 Å². The van der Waals surface area contributed by atoms with Gasteiger partial charge in [-0.25, -0.2) is 0 Å². The lowest BCUT2D eigenvalue weighted by Crippen LogP contribution is -2.26. The van der Waals surface area contributed by atoms with Crippen molar-refractivity contribution >= 4 is 11.7 Å². The van der Waals surface area contributed by atoms with Gasteiger partial charge in [0, 0.05) is 24.2 Å². The van der Waals surface area contributed by atoms with Gasteiger partial charge < -0.3 is 24.4 Å². The van der Waals surface area contributed by atoms with Crippen LogP contribution in [-0.4, -0.2) is 55.9 Å². The summed E-state index contributed by atoms with van der Waals surface area (Å²) in [5.74, 6) is 1.59. The molecule has 134 valence electrons. The number of fused-ring (bicyclic) bond motifs is 1. The predicted octanol–water partition coefficient (Wildman–Crippen LogP) is 1.68. The van der Waals surface area contributed by atoms with E-state index < -0.39 is 0 Å². The lowest BCUT2D eigenvalue weighted by molar-refractivity contribution is 0.102. The van der Waals surface area contributed by atoms with Crippen molar-refractivity contribution in [2.75, 3.05) is 40.2 Å². The summed E-state index contributed by atoms with van der Waals surface area (Å²) in [5.41, 5.74) is 2.49. The SMILES string of the molecule is COc1cc(C(=O)Nc2n[nH]c3c2CCN(C)C3)cc(OC)c1OC. The van der Waals surface area contributed by atoms with Crippen LogP contribution in [0.4, 0.5) is 5.82 Å². The third kappa shape index (κ3) is 3.25. The van der Waals surface area contributed by atoms with Crippen molar-refractivity contribution in [3.8, 4) is 17.2 Å². The largest absolute Gasteiger partial charge is 0.493 e. The molecule has 0 aliphatic carbocycles. The molecule has 2 N–H and O–H groups in total. The molecular formula is C17H22N4O4. The van der Waals surface area contributed by atoms with Crippen molar-refractivity contribution in [3.05, 3.63) is 29.0 Å². The third-order valence-corrected chi connectivity index (χ3v) is 4.28. The lowest BCUT2D eigenvalue weighted by Gasteiger charge is -2.21. The molecule has 0 atom stereocenters. The minimum atomic E-state index is -0.285. The number of methoxy groups -OCH3 is 3. The number of carbonyl (C=O) groups is 1. The van der Waals surface area contributed by atoms with Gasteiger partial charge in [-0.1, -0.05) is 0 Å².